The van der Waals surface area contributed by atoms with Crippen LogP contribution in [0, 0.1) is 17.0 Å². The van der Waals surface area contributed by atoms with Gasteiger partial charge in [0.05, 0.1) is 11.3 Å². The lowest BCUT2D eigenvalue weighted by atomic mass is 10.1. The predicted molar refractivity (Wildman–Crippen MR) is 59.7 cm³/mol. The van der Waals surface area contributed by atoms with E-state index >= 15 is 0 Å². The number of nitro benzene ring substituents is 1. The highest BCUT2D eigenvalue weighted by atomic mass is 16.6. The Morgan fingerprint density at radius 1 is 1.50 bits per heavy atom. The molecule has 0 aliphatic rings. The minimum atomic E-state index is -0.415. The molecule has 1 aromatic carbocycles. The molecule has 0 spiro atoms. The number of rotatable bonds is 3. The number of imidazole rings is 1. The van der Waals surface area contributed by atoms with Gasteiger partial charge in [0.25, 0.3) is 5.69 Å². The zero-order chi connectivity index (χ0) is 11.5. The Kier molecular flexibility index (Phi) is 2.55. The van der Waals surface area contributed by atoms with Crippen LogP contribution in [0.1, 0.15) is 5.56 Å². The van der Waals surface area contributed by atoms with E-state index in [1.54, 1.807) is 12.3 Å². The lowest BCUT2D eigenvalue weighted by Crippen LogP contribution is -1.99. The van der Waals surface area contributed by atoms with Crippen molar-refractivity contribution >= 4 is 17.2 Å². The smallest absolute Gasteiger partial charge is 0.292 e. The molecule has 0 atom stereocenters. The van der Waals surface area contributed by atoms with E-state index in [2.05, 4.69) is 15.3 Å². The maximum atomic E-state index is 10.8. The first kappa shape index (κ1) is 10.2. The Balaban J connectivity index is 2.42. The van der Waals surface area contributed by atoms with Crippen molar-refractivity contribution in [2.75, 3.05) is 5.32 Å². The van der Waals surface area contributed by atoms with Crippen molar-refractivity contribution in [2.24, 2.45) is 0 Å². The summed E-state index contributed by atoms with van der Waals surface area (Å²) in [5.41, 5.74) is 1.32. The zero-order valence-electron chi connectivity index (χ0n) is 8.60. The third-order valence-corrected chi connectivity index (χ3v) is 2.20. The number of aromatic amines is 1. The van der Waals surface area contributed by atoms with Gasteiger partial charge < -0.3 is 10.3 Å². The van der Waals surface area contributed by atoms with Crippen LogP contribution in [0.4, 0.5) is 17.2 Å². The van der Waals surface area contributed by atoms with E-state index in [-0.39, 0.29) is 5.69 Å². The topological polar surface area (TPSA) is 83.9 Å². The van der Waals surface area contributed by atoms with Gasteiger partial charge in [-0.05, 0) is 12.5 Å². The molecule has 0 aliphatic heterocycles. The number of benzene rings is 1. The van der Waals surface area contributed by atoms with E-state index in [9.17, 15) is 10.1 Å². The molecular weight excluding hydrogens is 208 g/mol. The molecule has 6 nitrogen and oxygen atoms in total. The Morgan fingerprint density at radius 2 is 2.31 bits per heavy atom. The quantitative estimate of drug-likeness (QED) is 0.611. The fourth-order valence-electron chi connectivity index (χ4n) is 1.42. The van der Waals surface area contributed by atoms with Gasteiger partial charge in [0, 0.05) is 12.3 Å². The number of anilines is 2. The van der Waals surface area contributed by atoms with Crippen LogP contribution in [0.25, 0.3) is 0 Å². The number of para-hydroxylation sites is 1. The average molecular weight is 218 g/mol. The number of aryl methyl sites for hydroxylation is 1. The Bertz CT molecular complexity index is 508. The molecule has 0 aliphatic carbocycles. The van der Waals surface area contributed by atoms with Crippen molar-refractivity contribution in [1.29, 1.82) is 0 Å². The molecule has 0 saturated carbocycles. The molecule has 6 heteroatoms. The first-order valence-electron chi connectivity index (χ1n) is 4.68. The second kappa shape index (κ2) is 4.01. The molecule has 0 radical (unpaired) electrons. The number of nitrogens with zero attached hydrogens (tertiary/aromatic N) is 2. The molecule has 0 saturated heterocycles. The Hall–Kier alpha value is -2.37. The number of hydrogen-bond acceptors (Lipinski definition) is 4. The van der Waals surface area contributed by atoms with Crippen molar-refractivity contribution < 1.29 is 4.92 Å². The van der Waals surface area contributed by atoms with Gasteiger partial charge in [0.15, 0.2) is 0 Å². The first-order valence-corrected chi connectivity index (χ1v) is 4.68. The van der Waals surface area contributed by atoms with E-state index in [1.807, 2.05) is 13.0 Å². The second-order valence-electron chi connectivity index (χ2n) is 3.31. The van der Waals surface area contributed by atoms with E-state index < -0.39 is 4.92 Å². The van der Waals surface area contributed by atoms with Crippen LogP contribution in [0.15, 0.2) is 30.7 Å². The van der Waals surface area contributed by atoms with Crippen LogP contribution in [-0.2, 0) is 0 Å². The number of hydrogen-bond donors (Lipinski definition) is 2. The maximum absolute atomic E-state index is 10.8. The monoisotopic (exact) mass is 218 g/mol. The largest absolute Gasteiger partial charge is 0.349 e. The summed E-state index contributed by atoms with van der Waals surface area (Å²) in [6.07, 6.45) is 3.14. The summed E-state index contributed by atoms with van der Waals surface area (Å²) in [5, 5.41) is 13.8. The minimum Gasteiger partial charge on any atom is -0.349 e. The summed E-state index contributed by atoms with van der Waals surface area (Å²) in [4.78, 5) is 17.2. The molecular formula is C10H10N4O2. The van der Waals surface area contributed by atoms with Gasteiger partial charge in [-0.1, -0.05) is 12.1 Å². The summed E-state index contributed by atoms with van der Waals surface area (Å²) < 4.78 is 0. The first-order chi connectivity index (χ1) is 7.68. The number of H-pyrrole nitrogens is 1. The lowest BCUT2D eigenvalue weighted by Gasteiger charge is -2.06. The highest BCUT2D eigenvalue weighted by molar-refractivity contribution is 5.71. The molecule has 0 amide bonds. The van der Waals surface area contributed by atoms with Crippen LogP contribution in [0.2, 0.25) is 0 Å². The van der Waals surface area contributed by atoms with Crippen LogP contribution in [-0.4, -0.2) is 14.9 Å². The van der Waals surface area contributed by atoms with Gasteiger partial charge in [-0.2, -0.15) is 0 Å². The van der Waals surface area contributed by atoms with Gasteiger partial charge in [-0.25, -0.2) is 4.98 Å². The molecule has 0 fully saturated rings. The predicted octanol–water partition coefficient (Wildman–Crippen LogP) is 2.37. The van der Waals surface area contributed by atoms with E-state index in [1.165, 1.54) is 12.4 Å². The third kappa shape index (κ3) is 1.85. The van der Waals surface area contributed by atoms with Crippen molar-refractivity contribution in [3.63, 3.8) is 0 Å². The molecule has 16 heavy (non-hydrogen) atoms. The SMILES string of the molecule is Cc1cccc([N+](=O)[O-])c1Nc1c[nH]cn1. The van der Waals surface area contributed by atoms with Crippen molar-refractivity contribution in [2.45, 2.75) is 6.92 Å². The normalized spacial score (nSPS) is 10.1. The van der Waals surface area contributed by atoms with Gasteiger partial charge in [-0.15, -0.1) is 0 Å². The van der Waals surface area contributed by atoms with Crippen LogP contribution >= 0.6 is 0 Å². The summed E-state index contributed by atoms with van der Waals surface area (Å²) in [5.74, 6) is 0.553. The highest BCUT2D eigenvalue weighted by Gasteiger charge is 2.15. The molecule has 2 N–H and O–H groups in total. The zero-order valence-corrected chi connectivity index (χ0v) is 8.60. The Labute approximate surface area is 91.5 Å². The van der Waals surface area contributed by atoms with Gasteiger partial charge >= 0.3 is 0 Å². The second-order valence-corrected chi connectivity index (χ2v) is 3.31. The molecule has 2 aromatic rings. The van der Waals surface area contributed by atoms with Gasteiger partial charge in [-0.3, -0.25) is 10.1 Å². The molecule has 0 unspecified atom stereocenters. The molecule has 1 aromatic heterocycles. The standard InChI is InChI=1S/C10H10N4O2/c1-7-3-2-4-8(14(15)16)10(7)13-9-5-11-6-12-9/h2-6,13H,1H3,(H,11,12). The van der Waals surface area contributed by atoms with Crippen molar-refractivity contribution in [3.05, 3.63) is 46.4 Å². The van der Waals surface area contributed by atoms with Crippen LogP contribution in [0.3, 0.4) is 0 Å². The summed E-state index contributed by atoms with van der Waals surface area (Å²) in [6, 6.07) is 4.92. The fraction of sp³-hybridized carbons (Fsp3) is 0.100. The third-order valence-electron chi connectivity index (χ3n) is 2.20. The van der Waals surface area contributed by atoms with Crippen LogP contribution in [0.5, 0.6) is 0 Å². The number of aromatic nitrogens is 2. The van der Waals surface area contributed by atoms with E-state index in [0.717, 1.165) is 5.56 Å². The van der Waals surface area contributed by atoms with Crippen molar-refractivity contribution in [3.8, 4) is 0 Å². The number of nitrogens with one attached hydrogen (secondary N) is 2. The van der Waals surface area contributed by atoms with E-state index in [0.29, 0.717) is 11.5 Å². The molecule has 2 rings (SSSR count). The number of nitro groups is 1. The molecule has 82 valence electrons. The maximum Gasteiger partial charge on any atom is 0.292 e. The van der Waals surface area contributed by atoms with Gasteiger partial charge in [0.2, 0.25) is 0 Å². The molecule has 1 heterocycles. The van der Waals surface area contributed by atoms with Crippen molar-refractivity contribution in [1.82, 2.24) is 9.97 Å². The summed E-state index contributed by atoms with van der Waals surface area (Å²) in [7, 11) is 0. The van der Waals surface area contributed by atoms with Crippen LogP contribution < -0.4 is 5.32 Å². The average Bonchev–Trinajstić information content (AvgIpc) is 2.73. The minimum absolute atomic E-state index is 0.0444. The summed E-state index contributed by atoms with van der Waals surface area (Å²) >= 11 is 0. The Morgan fingerprint density at radius 3 is 2.94 bits per heavy atom. The molecule has 0 bridgehead atoms. The summed E-state index contributed by atoms with van der Waals surface area (Å²) in [6.45, 7) is 1.81. The fourth-order valence-corrected chi connectivity index (χ4v) is 1.42. The lowest BCUT2D eigenvalue weighted by molar-refractivity contribution is -0.384. The highest BCUT2D eigenvalue weighted by Crippen LogP contribution is 2.29. The van der Waals surface area contributed by atoms with Gasteiger partial charge in [0.1, 0.15) is 11.5 Å². The van der Waals surface area contributed by atoms with E-state index in [4.69, 9.17) is 0 Å².